The van der Waals surface area contributed by atoms with E-state index in [1.807, 2.05) is 18.2 Å². The number of hydrogen-bond donors (Lipinski definition) is 2. The number of nitrogens with two attached hydrogens (primary N) is 1. The number of anilines is 1. The first-order valence-electron chi connectivity index (χ1n) is 8.60. The normalized spacial score (nSPS) is 18.8. The van der Waals surface area contributed by atoms with E-state index in [0.29, 0.717) is 12.4 Å². The number of fused-ring (bicyclic) bond motifs is 1. The van der Waals surface area contributed by atoms with Crippen molar-refractivity contribution in [2.24, 2.45) is 0 Å². The van der Waals surface area contributed by atoms with Gasteiger partial charge in [0.05, 0.1) is 12.3 Å². The Morgan fingerprint density at radius 2 is 1.88 bits per heavy atom. The van der Waals surface area contributed by atoms with Crippen LogP contribution in [0, 0.1) is 12.7 Å². The Balaban J connectivity index is 1.88. The fourth-order valence-electron chi connectivity index (χ4n) is 3.74. The van der Waals surface area contributed by atoms with Crippen LogP contribution in [-0.2, 0) is 0 Å². The molecular formula is C22H20FNO2. The molecule has 0 radical (unpaired) electrons. The summed E-state index contributed by atoms with van der Waals surface area (Å²) in [6.45, 7) is 2.51. The second kappa shape index (κ2) is 6.37. The first kappa shape index (κ1) is 16.5. The molecule has 2 atom stereocenters. The number of nitrogen functional groups attached to an aromatic ring is 1. The number of aromatic hydroxyl groups is 1. The van der Waals surface area contributed by atoms with Gasteiger partial charge in [0.25, 0.3) is 0 Å². The second-order valence-corrected chi connectivity index (χ2v) is 6.81. The maximum Gasteiger partial charge on any atom is 0.146 e. The van der Waals surface area contributed by atoms with Crippen LogP contribution in [0.5, 0.6) is 11.5 Å². The minimum absolute atomic E-state index is 0.0370. The molecule has 3 nitrogen and oxygen atoms in total. The summed E-state index contributed by atoms with van der Waals surface area (Å²) in [5.74, 6) is 0.319. The molecule has 0 aliphatic carbocycles. The van der Waals surface area contributed by atoms with Gasteiger partial charge in [-0.3, -0.25) is 0 Å². The summed E-state index contributed by atoms with van der Waals surface area (Å²) < 4.78 is 20.1. The van der Waals surface area contributed by atoms with Crippen molar-refractivity contribution in [3.63, 3.8) is 0 Å². The van der Waals surface area contributed by atoms with Gasteiger partial charge in [-0.2, -0.15) is 0 Å². The van der Waals surface area contributed by atoms with Crippen molar-refractivity contribution in [1.82, 2.24) is 0 Å². The first-order chi connectivity index (χ1) is 12.5. The molecule has 0 bridgehead atoms. The Morgan fingerprint density at radius 1 is 1.04 bits per heavy atom. The predicted molar refractivity (Wildman–Crippen MR) is 100 cm³/mol. The highest BCUT2D eigenvalue weighted by molar-refractivity contribution is 5.52. The number of aryl methyl sites for hydroxylation is 1. The lowest BCUT2D eigenvalue weighted by atomic mass is 9.75. The molecule has 0 saturated heterocycles. The predicted octanol–water partition coefficient (Wildman–Crippen LogP) is 4.73. The molecule has 3 aromatic carbocycles. The molecule has 26 heavy (non-hydrogen) atoms. The molecule has 0 fully saturated rings. The van der Waals surface area contributed by atoms with Gasteiger partial charge in [-0.15, -0.1) is 0 Å². The minimum Gasteiger partial charge on any atom is -0.508 e. The number of halogens is 1. The van der Waals surface area contributed by atoms with Gasteiger partial charge >= 0.3 is 0 Å². The maximum absolute atomic E-state index is 14.2. The molecule has 1 aliphatic rings. The Bertz CT molecular complexity index is 970. The largest absolute Gasteiger partial charge is 0.508 e. The second-order valence-electron chi connectivity index (χ2n) is 6.81. The van der Waals surface area contributed by atoms with Gasteiger partial charge in [0, 0.05) is 23.5 Å². The minimum atomic E-state index is -0.419. The van der Waals surface area contributed by atoms with Crippen molar-refractivity contribution in [2.75, 3.05) is 12.3 Å². The summed E-state index contributed by atoms with van der Waals surface area (Å²) in [6, 6.07) is 18.4. The fourth-order valence-corrected chi connectivity index (χ4v) is 3.74. The van der Waals surface area contributed by atoms with Gasteiger partial charge in [-0.25, -0.2) is 4.39 Å². The summed E-state index contributed by atoms with van der Waals surface area (Å²) in [6.07, 6.45) is 0. The maximum atomic E-state index is 14.2. The third-order valence-corrected chi connectivity index (χ3v) is 5.01. The van der Waals surface area contributed by atoms with Gasteiger partial charge in [-0.1, -0.05) is 42.0 Å². The van der Waals surface area contributed by atoms with Gasteiger partial charge < -0.3 is 15.6 Å². The van der Waals surface area contributed by atoms with Gasteiger partial charge in [0.1, 0.15) is 17.3 Å². The van der Waals surface area contributed by atoms with Gasteiger partial charge in [0.2, 0.25) is 0 Å². The van der Waals surface area contributed by atoms with Crippen LogP contribution in [-0.4, -0.2) is 11.7 Å². The van der Waals surface area contributed by atoms with Crippen LogP contribution in [0.3, 0.4) is 0 Å². The molecular weight excluding hydrogens is 329 g/mol. The number of ether oxygens (including phenoxy) is 1. The molecule has 2 unspecified atom stereocenters. The molecule has 132 valence electrons. The van der Waals surface area contributed by atoms with E-state index >= 15 is 0 Å². The first-order valence-corrected chi connectivity index (χ1v) is 8.60. The summed E-state index contributed by atoms with van der Waals surface area (Å²) in [4.78, 5) is 0. The lowest BCUT2D eigenvalue weighted by Crippen LogP contribution is -2.25. The highest BCUT2D eigenvalue weighted by Crippen LogP contribution is 2.47. The molecule has 4 heteroatoms. The smallest absolute Gasteiger partial charge is 0.146 e. The molecule has 1 heterocycles. The number of phenolic OH excluding ortho intramolecular Hbond substituents is 1. The zero-order chi connectivity index (χ0) is 18.3. The lowest BCUT2D eigenvalue weighted by molar-refractivity contribution is 0.247. The summed E-state index contributed by atoms with van der Waals surface area (Å²) in [5, 5.41) is 9.79. The van der Waals surface area contributed by atoms with E-state index in [9.17, 15) is 9.50 Å². The molecule has 3 aromatic rings. The van der Waals surface area contributed by atoms with Crippen LogP contribution in [0.25, 0.3) is 0 Å². The standard InChI is InChI=1S/C22H20FNO2/c1-13-3-2-4-14(9-13)18-12-26-21-11-16(25)6-7-17(21)22(18)15-5-8-20(24)19(23)10-15/h2-11,18,22,25H,12,24H2,1H3. The fraction of sp³-hybridized carbons (Fsp3) is 0.182. The van der Waals surface area contributed by atoms with Crippen molar-refractivity contribution in [1.29, 1.82) is 0 Å². The van der Waals surface area contributed by atoms with E-state index < -0.39 is 5.82 Å². The van der Waals surface area contributed by atoms with E-state index in [4.69, 9.17) is 10.5 Å². The average molecular weight is 349 g/mol. The topological polar surface area (TPSA) is 55.5 Å². The van der Waals surface area contributed by atoms with E-state index in [1.165, 1.54) is 11.6 Å². The van der Waals surface area contributed by atoms with Crippen LogP contribution in [0.15, 0.2) is 60.7 Å². The zero-order valence-electron chi connectivity index (χ0n) is 14.4. The molecule has 3 N–H and O–H groups in total. The summed E-state index contributed by atoms with van der Waals surface area (Å²) in [7, 11) is 0. The van der Waals surface area contributed by atoms with E-state index in [0.717, 1.165) is 16.7 Å². The van der Waals surface area contributed by atoms with Crippen LogP contribution in [0.1, 0.15) is 34.1 Å². The Hall–Kier alpha value is -3.01. The number of hydrogen-bond acceptors (Lipinski definition) is 3. The Kier molecular flexibility index (Phi) is 4.03. The van der Waals surface area contributed by atoms with Crippen LogP contribution < -0.4 is 10.5 Å². The van der Waals surface area contributed by atoms with Crippen molar-refractivity contribution in [3.05, 3.63) is 88.7 Å². The molecule has 0 saturated carbocycles. The van der Waals surface area contributed by atoms with Crippen molar-refractivity contribution >= 4 is 5.69 Å². The quantitative estimate of drug-likeness (QED) is 0.658. The highest BCUT2D eigenvalue weighted by Gasteiger charge is 2.34. The Labute approximate surface area is 151 Å². The highest BCUT2D eigenvalue weighted by atomic mass is 19.1. The van der Waals surface area contributed by atoms with E-state index in [1.54, 1.807) is 18.2 Å². The third kappa shape index (κ3) is 2.88. The van der Waals surface area contributed by atoms with Crippen molar-refractivity contribution in [3.8, 4) is 11.5 Å². The number of phenols is 1. The molecule has 0 aromatic heterocycles. The molecule has 0 spiro atoms. The third-order valence-electron chi connectivity index (χ3n) is 5.01. The molecule has 0 amide bonds. The van der Waals surface area contributed by atoms with Crippen LogP contribution >= 0.6 is 0 Å². The zero-order valence-corrected chi connectivity index (χ0v) is 14.4. The van der Waals surface area contributed by atoms with E-state index in [2.05, 4.69) is 25.1 Å². The monoisotopic (exact) mass is 349 g/mol. The molecule has 1 aliphatic heterocycles. The van der Waals surface area contributed by atoms with Crippen molar-refractivity contribution in [2.45, 2.75) is 18.8 Å². The summed E-state index contributed by atoms with van der Waals surface area (Å²) >= 11 is 0. The Morgan fingerprint density at radius 3 is 2.65 bits per heavy atom. The van der Waals surface area contributed by atoms with E-state index in [-0.39, 0.29) is 23.3 Å². The van der Waals surface area contributed by atoms with Gasteiger partial charge in [0.15, 0.2) is 0 Å². The van der Waals surface area contributed by atoms with Crippen LogP contribution in [0.2, 0.25) is 0 Å². The van der Waals surface area contributed by atoms with Crippen LogP contribution in [0.4, 0.5) is 10.1 Å². The average Bonchev–Trinajstić information content (AvgIpc) is 2.63. The lowest BCUT2D eigenvalue weighted by Gasteiger charge is -2.34. The summed E-state index contributed by atoms with van der Waals surface area (Å²) in [5.41, 5.74) is 9.90. The van der Waals surface area contributed by atoms with Gasteiger partial charge in [-0.05, 0) is 36.2 Å². The van der Waals surface area contributed by atoms with Crippen molar-refractivity contribution < 1.29 is 14.2 Å². The molecule has 4 rings (SSSR count). The number of rotatable bonds is 2. The number of benzene rings is 3. The SMILES string of the molecule is Cc1cccc(C2COc3cc(O)ccc3C2c2ccc(N)c(F)c2)c1.